The predicted molar refractivity (Wildman–Crippen MR) is 92.7 cm³/mol. The number of ether oxygens (including phenoxy) is 2. The van der Waals surface area contributed by atoms with E-state index in [2.05, 4.69) is 9.97 Å². The number of pyridine rings is 1. The number of nitrogens with zero attached hydrogens (tertiary/aromatic N) is 2. The maximum absolute atomic E-state index is 10.3. The summed E-state index contributed by atoms with van der Waals surface area (Å²) < 4.78 is 12.3. The van der Waals surface area contributed by atoms with Gasteiger partial charge in [0.1, 0.15) is 34.6 Å². The van der Waals surface area contributed by atoms with Gasteiger partial charge in [0, 0.05) is 23.8 Å². The highest BCUT2D eigenvalue weighted by atomic mass is 16.5. The molecule has 2 heterocycles. The first-order chi connectivity index (χ1) is 11.9. The van der Waals surface area contributed by atoms with Gasteiger partial charge in [0.2, 0.25) is 6.20 Å². The van der Waals surface area contributed by atoms with E-state index in [0.29, 0.717) is 54.4 Å². The molecule has 0 spiro atoms. The van der Waals surface area contributed by atoms with Gasteiger partial charge in [-0.1, -0.05) is 6.07 Å². The molecule has 3 N–H and O–H groups in total. The highest BCUT2D eigenvalue weighted by Gasteiger charge is 2.21. The Bertz CT molecular complexity index is 883. The standard InChI is InChI=1S/C18H23N3O4/c1-4-24-11-15-19-12-10-21(23)13-6-5-7-14(16(13)17(12)20-15)25-9-8-18(2,3)22/h5-7,10,22-23H,4,8-9,11H2,1-3H3/p+1. The van der Waals surface area contributed by atoms with Crippen molar-refractivity contribution in [3.63, 3.8) is 0 Å². The number of hydrogen-bond donors (Lipinski definition) is 3. The Hall–Kier alpha value is -2.38. The van der Waals surface area contributed by atoms with Crippen LogP contribution in [-0.2, 0) is 11.3 Å². The van der Waals surface area contributed by atoms with Gasteiger partial charge < -0.3 is 19.6 Å². The van der Waals surface area contributed by atoms with E-state index in [1.807, 2.05) is 19.1 Å². The topological polar surface area (TPSA) is 91.5 Å². The molecule has 0 saturated heterocycles. The molecule has 0 bridgehead atoms. The van der Waals surface area contributed by atoms with E-state index in [-0.39, 0.29) is 0 Å². The van der Waals surface area contributed by atoms with Crippen LogP contribution in [0.25, 0.3) is 21.9 Å². The monoisotopic (exact) mass is 346 g/mol. The lowest BCUT2D eigenvalue weighted by Gasteiger charge is -2.17. The van der Waals surface area contributed by atoms with Crippen molar-refractivity contribution in [1.29, 1.82) is 0 Å². The summed E-state index contributed by atoms with van der Waals surface area (Å²) >= 11 is 0. The van der Waals surface area contributed by atoms with Crippen LogP contribution in [0.5, 0.6) is 5.75 Å². The van der Waals surface area contributed by atoms with Crippen LogP contribution in [0.1, 0.15) is 33.0 Å². The predicted octanol–water partition coefficient (Wildman–Crippen LogP) is 2.32. The summed E-state index contributed by atoms with van der Waals surface area (Å²) in [6.07, 6.45) is 2.08. The van der Waals surface area contributed by atoms with E-state index in [1.165, 1.54) is 0 Å². The van der Waals surface area contributed by atoms with E-state index in [1.54, 1.807) is 26.1 Å². The van der Waals surface area contributed by atoms with E-state index in [4.69, 9.17) is 9.47 Å². The average molecular weight is 346 g/mol. The van der Waals surface area contributed by atoms with Gasteiger partial charge >= 0.3 is 0 Å². The Balaban J connectivity index is 2.04. The van der Waals surface area contributed by atoms with Gasteiger partial charge in [-0.25, -0.2) is 4.98 Å². The maximum atomic E-state index is 10.3. The highest BCUT2D eigenvalue weighted by Crippen LogP contribution is 2.30. The summed E-state index contributed by atoms with van der Waals surface area (Å²) in [4.78, 5) is 7.76. The third-order valence-corrected chi connectivity index (χ3v) is 3.93. The molecular weight excluding hydrogens is 322 g/mol. The molecule has 0 aliphatic rings. The third-order valence-electron chi connectivity index (χ3n) is 3.93. The molecule has 0 fully saturated rings. The Labute approximate surface area is 145 Å². The fourth-order valence-electron chi connectivity index (χ4n) is 2.66. The van der Waals surface area contributed by atoms with Crippen molar-refractivity contribution >= 4 is 21.9 Å². The Kier molecular flexibility index (Phi) is 4.78. The van der Waals surface area contributed by atoms with Crippen LogP contribution in [0.15, 0.2) is 24.4 Å². The molecule has 3 aromatic rings. The van der Waals surface area contributed by atoms with Gasteiger partial charge in [-0.2, -0.15) is 0 Å². The van der Waals surface area contributed by atoms with Crippen molar-refractivity contribution in [1.82, 2.24) is 9.97 Å². The van der Waals surface area contributed by atoms with Crippen LogP contribution >= 0.6 is 0 Å². The summed E-state index contributed by atoms with van der Waals surface area (Å²) in [5.74, 6) is 1.31. The number of imidazole rings is 1. The molecule has 134 valence electrons. The molecule has 2 aromatic heterocycles. The van der Waals surface area contributed by atoms with Crippen molar-refractivity contribution in [2.24, 2.45) is 0 Å². The first-order valence-electron chi connectivity index (χ1n) is 8.37. The zero-order valence-electron chi connectivity index (χ0n) is 14.7. The zero-order chi connectivity index (χ0) is 18.0. The molecule has 25 heavy (non-hydrogen) atoms. The minimum atomic E-state index is -0.798. The van der Waals surface area contributed by atoms with Crippen LogP contribution in [-0.4, -0.2) is 39.1 Å². The minimum absolute atomic E-state index is 0.362. The molecule has 0 amide bonds. The first-order valence-corrected chi connectivity index (χ1v) is 8.37. The Morgan fingerprint density at radius 1 is 1.32 bits per heavy atom. The second-order valence-corrected chi connectivity index (χ2v) is 6.62. The summed E-state index contributed by atoms with van der Waals surface area (Å²) in [6, 6.07) is 5.45. The van der Waals surface area contributed by atoms with E-state index in [0.717, 1.165) is 10.1 Å². The lowest BCUT2D eigenvalue weighted by atomic mass is 10.1. The molecule has 3 rings (SSSR count). The quantitative estimate of drug-likeness (QED) is 0.451. The fraction of sp³-hybridized carbons (Fsp3) is 0.444. The summed E-state index contributed by atoms with van der Waals surface area (Å²) in [5, 5.41) is 20.9. The van der Waals surface area contributed by atoms with Crippen LogP contribution in [0.2, 0.25) is 0 Å². The van der Waals surface area contributed by atoms with E-state index in [9.17, 15) is 10.3 Å². The van der Waals surface area contributed by atoms with Crippen LogP contribution in [0.3, 0.4) is 0 Å². The van der Waals surface area contributed by atoms with Crippen LogP contribution in [0.4, 0.5) is 0 Å². The molecule has 1 aromatic carbocycles. The minimum Gasteiger partial charge on any atom is -0.492 e. The van der Waals surface area contributed by atoms with Gasteiger partial charge in [-0.05, 0) is 26.8 Å². The number of aromatic amines is 1. The number of fused-ring (bicyclic) bond motifs is 3. The summed E-state index contributed by atoms with van der Waals surface area (Å²) in [6.45, 7) is 6.75. The van der Waals surface area contributed by atoms with Crippen LogP contribution in [0, 0.1) is 0 Å². The molecule has 0 aliphatic carbocycles. The number of aromatic nitrogens is 3. The zero-order valence-corrected chi connectivity index (χ0v) is 14.7. The van der Waals surface area contributed by atoms with Gasteiger partial charge in [-0.3, -0.25) is 5.21 Å². The number of H-pyrrole nitrogens is 1. The summed E-state index contributed by atoms with van der Waals surface area (Å²) in [7, 11) is 0. The molecule has 0 unspecified atom stereocenters. The number of nitrogens with one attached hydrogen (secondary N) is 1. The number of benzene rings is 1. The second kappa shape index (κ2) is 6.85. The Morgan fingerprint density at radius 2 is 2.12 bits per heavy atom. The second-order valence-electron chi connectivity index (χ2n) is 6.62. The lowest BCUT2D eigenvalue weighted by Crippen LogP contribution is -2.30. The van der Waals surface area contributed by atoms with Crippen molar-refractivity contribution in [2.45, 2.75) is 39.4 Å². The first kappa shape index (κ1) is 17.4. The van der Waals surface area contributed by atoms with Gasteiger partial charge in [0.25, 0.3) is 5.52 Å². The van der Waals surface area contributed by atoms with Crippen molar-refractivity contribution in [3.8, 4) is 5.75 Å². The smallest absolute Gasteiger partial charge is 0.270 e. The van der Waals surface area contributed by atoms with Gasteiger partial charge in [-0.15, -0.1) is 0 Å². The lowest BCUT2D eigenvalue weighted by molar-refractivity contribution is -0.883. The third kappa shape index (κ3) is 3.83. The maximum Gasteiger partial charge on any atom is 0.270 e. The van der Waals surface area contributed by atoms with Gasteiger partial charge in [0.15, 0.2) is 0 Å². The van der Waals surface area contributed by atoms with Gasteiger partial charge in [0.05, 0.1) is 12.2 Å². The van der Waals surface area contributed by atoms with Crippen LogP contribution < -0.4 is 9.47 Å². The molecule has 0 aliphatic heterocycles. The molecule has 0 saturated carbocycles. The van der Waals surface area contributed by atoms with E-state index < -0.39 is 5.60 Å². The normalized spacial score (nSPS) is 12.2. The molecular formula is C18H24N3O4+. The Morgan fingerprint density at radius 3 is 2.84 bits per heavy atom. The fourth-order valence-corrected chi connectivity index (χ4v) is 2.66. The van der Waals surface area contributed by atoms with E-state index >= 15 is 0 Å². The molecule has 7 nitrogen and oxygen atoms in total. The number of rotatable bonds is 7. The highest BCUT2D eigenvalue weighted by molar-refractivity contribution is 6.03. The number of hydrogen-bond acceptors (Lipinski definition) is 5. The largest absolute Gasteiger partial charge is 0.492 e. The van der Waals surface area contributed by atoms with Crippen molar-refractivity contribution in [3.05, 3.63) is 30.2 Å². The van der Waals surface area contributed by atoms with Crippen molar-refractivity contribution in [2.75, 3.05) is 13.2 Å². The molecule has 0 atom stereocenters. The van der Waals surface area contributed by atoms with Crippen molar-refractivity contribution < 1.29 is 24.5 Å². The number of aliphatic hydroxyl groups is 1. The summed E-state index contributed by atoms with van der Waals surface area (Å²) in [5.41, 5.74) is 1.22. The average Bonchev–Trinajstić information content (AvgIpc) is 2.94. The SMILES string of the molecule is CCOCc1nc2c(c[n+](O)c3cccc(OCCC(C)(C)O)c23)[nH]1. The molecule has 0 radical (unpaired) electrons. The molecule has 7 heteroatoms.